The summed E-state index contributed by atoms with van der Waals surface area (Å²) in [7, 11) is 0. The second kappa shape index (κ2) is 5.49. The molecule has 0 unspecified atom stereocenters. The smallest absolute Gasteiger partial charge is 0.192 e. The van der Waals surface area contributed by atoms with Gasteiger partial charge in [-0.05, 0) is 36.4 Å². The Balaban J connectivity index is 2.35. The highest BCUT2D eigenvalue weighted by atomic mass is 35.5. The van der Waals surface area contributed by atoms with Crippen molar-refractivity contribution in [1.82, 2.24) is 9.97 Å². The van der Waals surface area contributed by atoms with Crippen LogP contribution in [-0.4, -0.2) is 9.97 Å². The summed E-state index contributed by atoms with van der Waals surface area (Å²) in [6.07, 6.45) is 1.74. The largest absolute Gasteiger partial charge is 0.326 e. The number of hydrogen-bond acceptors (Lipinski definition) is 4. The van der Waals surface area contributed by atoms with Crippen molar-refractivity contribution in [3.05, 3.63) is 46.7 Å². The van der Waals surface area contributed by atoms with Crippen molar-refractivity contribution >= 4 is 23.4 Å². The van der Waals surface area contributed by atoms with E-state index in [1.54, 1.807) is 6.20 Å². The van der Waals surface area contributed by atoms with Crippen LogP contribution in [0.25, 0.3) is 0 Å². The van der Waals surface area contributed by atoms with E-state index in [1.807, 2.05) is 31.2 Å². The van der Waals surface area contributed by atoms with Crippen LogP contribution in [0.5, 0.6) is 0 Å². The fourth-order valence-electron chi connectivity index (χ4n) is 1.39. The fourth-order valence-corrected chi connectivity index (χ4v) is 2.64. The number of halogens is 1. The molecule has 0 atom stereocenters. The Kier molecular flexibility index (Phi) is 3.99. The molecule has 0 aliphatic carbocycles. The Labute approximate surface area is 109 Å². The van der Waals surface area contributed by atoms with Crippen molar-refractivity contribution in [3.63, 3.8) is 0 Å². The number of nitrogens with two attached hydrogens (primary N) is 1. The standard InChI is InChI=1S/C12H12ClN3S/c1-8-5-6-15-12(16-8)17-11-9(7-14)3-2-4-10(11)13/h2-6H,7,14H2,1H3. The maximum absolute atomic E-state index is 6.17. The van der Waals surface area contributed by atoms with Gasteiger partial charge in [-0.2, -0.15) is 0 Å². The average Bonchev–Trinajstić information content (AvgIpc) is 2.32. The van der Waals surface area contributed by atoms with Gasteiger partial charge in [0.25, 0.3) is 0 Å². The Morgan fingerprint density at radius 1 is 1.35 bits per heavy atom. The van der Waals surface area contributed by atoms with E-state index in [0.717, 1.165) is 16.2 Å². The number of rotatable bonds is 3. The van der Waals surface area contributed by atoms with E-state index in [4.69, 9.17) is 17.3 Å². The van der Waals surface area contributed by atoms with Crippen LogP contribution in [0.1, 0.15) is 11.3 Å². The zero-order valence-corrected chi connectivity index (χ0v) is 10.9. The van der Waals surface area contributed by atoms with Gasteiger partial charge in [0.15, 0.2) is 5.16 Å². The molecule has 1 aromatic heterocycles. The molecule has 0 aliphatic heterocycles. The zero-order chi connectivity index (χ0) is 12.3. The van der Waals surface area contributed by atoms with Gasteiger partial charge in [-0.1, -0.05) is 23.7 Å². The number of nitrogens with zero attached hydrogens (tertiary/aromatic N) is 2. The zero-order valence-electron chi connectivity index (χ0n) is 9.35. The normalized spacial score (nSPS) is 10.5. The Hall–Kier alpha value is -1.10. The van der Waals surface area contributed by atoms with Gasteiger partial charge in [0.1, 0.15) is 0 Å². The van der Waals surface area contributed by atoms with Crippen molar-refractivity contribution in [2.75, 3.05) is 0 Å². The average molecular weight is 266 g/mol. The minimum absolute atomic E-state index is 0.453. The molecule has 17 heavy (non-hydrogen) atoms. The first-order valence-electron chi connectivity index (χ1n) is 5.15. The summed E-state index contributed by atoms with van der Waals surface area (Å²) in [4.78, 5) is 9.47. The Morgan fingerprint density at radius 2 is 2.18 bits per heavy atom. The van der Waals surface area contributed by atoms with Crippen LogP contribution in [0, 0.1) is 6.92 Å². The summed E-state index contributed by atoms with van der Waals surface area (Å²) >= 11 is 7.61. The number of aryl methyl sites for hydroxylation is 1. The molecular formula is C12H12ClN3S. The molecule has 0 amide bonds. The van der Waals surface area contributed by atoms with E-state index in [1.165, 1.54) is 11.8 Å². The molecule has 1 heterocycles. The third-order valence-corrected chi connectivity index (χ3v) is 3.73. The van der Waals surface area contributed by atoms with Crippen LogP contribution in [0.15, 0.2) is 40.5 Å². The van der Waals surface area contributed by atoms with Gasteiger partial charge in [0, 0.05) is 23.3 Å². The van der Waals surface area contributed by atoms with Crippen LogP contribution < -0.4 is 5.73 Å². The molecule has 0 fully saturated rings. The van der Waals surface area contributed by atoms with Crippen molar-refractivity contribution < 1.29 is 0 Å². The SMILES string of the molecule is Cc1ccnc(Sc2c(Cl)cccc2CN)n1. The second-order valence-corrected chi connectivity index (χ2v) is 4.90. The van der Waals surface area contributed by atoms with Crippen molar-refractivity contribution in [2.45, 2.75) is 23.5 Å². The van der Waals surface area contributed by atoms with Gasteiger partial charge in [-0.15, -0.1) is 0 Å². The van der Waals surface area contributed by atoms with Crippen LogP contribution in [0.4, 0.5) is 0 Å². The van der Waals surface area contributed by atoms with Gasteiger partial charge in [-0.25, -0.2) is 9.97 Å². The molecule has 0 saturated heterocycles. The predicted molar refractivity (Wildman–Crippen MR) is 70.2 cm³/mol. The summed E-state index contributed by atoms with van der Waals surface area (Å²) in [5.74, 6) is 0. The van der Waals surface area contributed by atoms with Crippen LogP contribution in [0.2, 0.25) is 5.02 Å². The fraction of sp³-hybridized carbons (Fsp3) is 0.167. The monoisotopic (exact) mass is 265 g/mol. The highest BCUT2D eigenvalue weighted by Crippen LogP contribution is 2.34. The molecule has 0 spiro atoms. The van der Waals surface area contributed by atoms with Gasteiger partial charge >= 0.3 is 0 Å². The maximum Gasteiger partial charge on any atom is 0.192 e. The molecule has 2 N–H and O–H groups in total. The quantitative estimate of drug-likeness (QED) is 0.867. The van der Waals surface area contributed by atoms with E-state index in [-0.39, 0.29) is 0 Å². The van der Waals surface area contributed by atoms with Crippen molar-refractivity contribution in [2.24, 2.45) is 5.73 Å². The van der Waals surface area contributed by atoms with E-state index < -0.39 is 0 Å². The Morgan fingerprint density at radius 3 is 2.88 bits per heavy atom. The third-order valence-electron chi connectivity index (χ3n) is 2.23. The first kappa shape index (κ1) is 12.4. The lowest BCUT2D eigenvalue weighted by Crippen LogP contribution is -1.99. The predicted octanol–water partition coefficient (Wildman–Crippen LogP) is 3.05. The highest BCUT2D eigenvalue weighted by molar-refractivity contribution is 7.99. The number of benzene rings is 1. The third kappa shape index (κ3) is 2.97. The molecule has 0 aliphatic rings. The van der Waals surface area contributed by atoms with E-state index >= 15 is 0 Å². The molecule has 1 aromatic carbocycles. The molecule has 0 saturated carbocycles. The maximum atomic E-state index is 6.17. The highest BCUT2D eigenvalue weighted by Gasteiger charge is 2.09. The molecule has 3 nitrogen and oxygen atoms in total. The second-order valence-electron chi connectivity index (χ2n) is 3.51. The van der Waals surface area contributed by atoms with Crippen molar-refractivity contribution in [1.29, 1.82) is 0 Å². The van der Waals surface area contributed by atoms with Crippen LogP contribution in [-0.2, 0) is 6.54 Å². The molecule has 5 heteroatoms. The Bertz CT molecular complexity index is 531. The molecular weight excluding hydrogens is 254 g/mol. The van der Waals surface area contributed by atoms with Crippen LogP contribution in [0.3, 0.4) is 0 Å². The summed E-state index contributed by atoms with van der Waals surface area (Å²) < 4.78 is 0. The first-order valence-corrected chi connectivity index (χ1v) is 6.35. The summed E-state index contributed by atoms with van der Waals surface area (Å²) in [6.45, 7) is 2.39. The molecule has 2 aromatic rings. The molecule has 88 valence electrons. The lowest BCUT2D eigenvalue weighted by molar-refractivity contribution is 0.928. The summed E-state index contributed by atoms with van der Waals surface area (Å²) in [5, 5.41) is 1.37. The van der Waals surface area contributed by atoms with Crippen LogP contribution >= 0.6 is 23.4 Å². The molecule has 0 radical (unpaired) electrons. The van der Waals surface area contributed by atoms with Gasteiger partial charge < -0.3 is 5.73 Å². The summed E-state index contributed by atoms with van der Waals surface area (Å²) in [6, 6.07) is 7.56. The van der Waals surface area contributed by atoms with Gasteiger partial charge in [0.05, 0.1) is 5.02 Å². The molecule has 0 bridgehead atoms. The number of aromatic nitrogens is 2. The van der Waals surface area contributed by atoms with Crippen molar-refractivity contribution in [3.8, 4) is 0 Å². The van der Waals surface area contributed by atoms with Gasteiger partial charge in [0.2, 0.25) is 0 Å². The first-order chi connectivity index (χ1) is 8.20. The van der Waals surface area contributed by atoms with Gasteiger partial charge in [-0.3, -0.25) is 0 Å². The lowest BCUT2D eigenvalue weighted by Gasteiger charge is -2.08. The topological polar surface area (TPSA) is 51.8 Å². The number of hydrogen-bond donors (Lipinski definition) is 1. The lowest BCUT2D eigenvalue weighted by atomic mass is 10.2. The van der Waals surface area contributed by atoms with E-state index in [9.17, 15) is 0 Å². The summed E-state index contributed by atoms with van der Waals surface area (Å²) in [5.41, 5.74) is 7.63. The molecule has 2 rings (SSSR count). The van der Waals surface area contributed by atoms with E-state index in [2.05, 4.69) is 9.97 Å². The minimum atomic E-state index is 0.453. The minimum Gasteiger partial charge on any atom is -0.326 e. The van der Waals surface area contributed by atoms with E-state index in [0.29, 0.717) is 16.7 Å².